The maximum Gasteiger partial charge on any atom is 0.260 e. The molecular weight excluding hydrogens is 379 g/mol. The highest BCUT2D eigenvalue weighted by Gasteiger charge is 2.14. The number of carbonyl (C=O) groups excluding carboxylic acids is 2. The number of benzene rings is 2. The van der Waals surface area contributed by atoms with Crippen LogP contribution in [0.15, 0.2) is 53.0 Å². The van der Waals surface area contributed by atoms with Gasteiger partial charge in [-0.25, -0.2) is 4.39 Å². The Kier molecular flexibility index (Phi) is 6.31. The molecule has 0 aliphatic heterocycles. The molecule has 0 bridgehead atoms. The van der Waals surface area contributed by atoms with Crippen LogP contribution in [0.25, 0.3) is 0 Å². The summed E-state index contributed by atoms with van der Waals surface area (Å²) in [6, 6.07) is 12.7. The normalized spacial score (nSPS) is 10.1. The highest BCUT2D eigenvalue weighted by atomic mass is 79.9. The predicted molar refractivity (Wildman–Crippen MR) is 92.3 cm³/mol. The lowest BCUT2D eigenvalue weighted by Crippen LogP contribution is -2.37. The number of halogens is 2. The Morgan fingerprint density at radius 3 is 2.67 bits per heavy atom. The van der Waals surface area contributed by atoms with Gasteiger partial charge in [-0.1, -0.05) is 28.1 Å². The Labute approximate surface area is 147 Å². The van der Waals surface area contributed by atoms with Crippen LogP contribution in [0.2, 0.25) is 0 Å². The molecule has 0 saturated heterocycles. The molecule has 2 aromatic rings. The number of nitrogens with one attached hydrogen (secondary N) is 1. The topological polar surface area (TPSA) is 58.6 Å². The minimum absolute atomic E-state index is 0.156. The number of carbonyl (C=O) groups is 2. The van der Waals surface area contributed by atoms with E-state index in [0.29, 0.717) is 11.4 Å². The molecule has 0 heterocycles. The van der Waals surface area contributed by atoms with E-state index in [9.17, 15) is 14.0 Å². The molecule has 2 amide bonds. The Hall–Kier alpha value is -2.41. The summed E-state index contributed by atoms with van der Waals surface area (Å²) >= 11 is 3.31. The van der Waals surface area contributed by atoms with Crippen molar-refractivity contribution in [1.29, 1.82) is 0 Å². The van der Waals surface area contributed by atoms with Crippen LogP contribution in [-0.4, -0.2) is 36.9 Å². The van der Waals surface area contributed by atoms with Gasteiger partial charge in [0.05, 0.1) is 6.54 Å². The van der Waals surface area contributed by atoms with Crippen molar-refractivity contribution in [3.8, 4) is 5.75 Å². The Balaban J connectivity index is 1.81. The summed E-state index contributed by atoms with van der Waals surface area (Å²) in [5.41, 5.74) is 0.339. The fraction of sp³-hybridized carbons (Fsp3) is 0.176. The molecule has 0 unspecified atom stereocenters. The van der Waals surface area contributed by atoms with Crippen LogP contribution in [0.4, 0.5) is 10.1 Å². The standard InChI is InChI=1S/C17H16BrFN2O3/c1-21(10-16(22)20-14-6-3-5-13(19)9-14)17(23)11-24-15-7-2-4-12(18)8-15/h2-9H,10-11H2,1H3,(H,20,22). The third-order valence-corrected chi connectivity index (χ3v) is 3.57. The van der Waals surface area contributed by atoms with Gasteiger partial charge in [-0.2, -0.15) is 0 Å². The van der Waals surface area contributed by atoms with Crippen molar-refractivity contribution in [2.24, 2.45) is 0 Å². The van der Waals surface area contributed by atoms with E-state index in [1.807, 2.05) is 6.07 Å². The van der Waals surface area contributed by atoms with Crippen molar-refractivity contribution < 1.29 is 18.7 Å². The monoisotopic (exact) mass is 394 g/mol. The van der Waals surface area contributed by atoms with Crippen LogP contribution >= 0.6 is 15.9 Å². The van der Waals surface area contributed by atoms with E-state index >= 15 is 0 Å². The number of hydrogen-bond acceptors (Lipinski definition) is 3. The van der Waals surface area contributed by atoms with Crippen LogP contribution in [0.1, 0.15) is 0 Å². The zero-order chi connectivity index (χ0) is 17.5. The lowest BCUT2D eigenvalue weighted by Gasteiger charge is -2.17. The van der Waals surface area contributed by atoms with Gasteiger partial charge in [-0.15, -0.1) is 0 Å². The Bertz CT molecular complexity index is 739. The zero-order valence-corrected chi connectivity index (χ0v) is 14.5. The molecule has 0 fully saturated rings. The van der Waals surface area contributed by atoms with Crippen molar-refractivity contribution in [2.75, 3.05) is 25.5 Å². The summed E-state index contributed by atoms with van der Waals surface area (Å²) in [6.07, 6.45) is 0. The molecule has 1 N–H and O–H groups in total. The van der Waals surface area contributed by atoms with Crippen LogP contribution in [0.5, 0.6) is 5.75 Å². The number of rotatable bonds is 6. The van der Waals surface area contributed by atoms with E-state index in [2.05, 4.69) is 21.2 Å². The summed E-state index contributed by atoms with van der Waals surface area (Å²) in [7, 11) is 1.50. The maximum absolute atomic E-state index is 13.1. The predicted octanol–water partition coefficient (Wildman–Crippen LogP) is 3.06. The first-order valence-corrected chi connectivity index (χ1v) is 7.91. The largest absolute Gasteiger partial charge is 0.484 e. The van der Waals surface area contributed by atoms with Crippen molar-refractivity contribution in [3.63, 3.8) is 0 Å². The molecular formula is C17H16BrFN2O3. The van der Waals surface area contributed by atoms with Gasteiger partial charge in [-0.05, 0) is 36.4 Å². The van der Waals surface area contributed by atoms with Gasteiger partial charge >= 0.3 is 0 Å². The number of nitrogens with zero attached hydrogens (tertiary/aromatic N) is 1. The van der Waals surface area contributed by atoms with Gasteiger partial charge in [0.1, 0.15) is 11.6 Å². The van der Waals surface area contributed by atoms with E-state index in [1.165, 1.54) is 30.1 Å². The first kappa shape index (κ1) is 17.9. The molecule has 2 aromatic carbocycles. The van der Waals surface area contributed by atoms with E-state index in [1.54, 1.807) is 24.3 Å². The van der Waals surface area contributed by atoms with Gasteiger partial charge in [-0.3, -0.25) is 9.59 Å². The summed E-state index contributed by atoms with van der Waals surface area (Å²) in [4.78, 5) is 25.1. The molecule has 0 radical (unpaired) electrons. The molecule has 0 aliphatic rings. The molecule has 126 valence electrons. The quantitative estimate of drug-likeness (QED) is 0.818. The van der Waals surface area contributed by atoms with Gasteiger partial charge in [0.2, 0.25) is 5.91 Å². The maximum atomic E-state index is 13.1. The van der Waals surface area contributed by atoms with Gasteiger partial charge in [0.25, 0.3) is 5.91 Å². The lowest BCUT2D eigenvalue weighted by molar-refractivity contribution is -0.135. The second-order valence-electron chi connectivity index (χ2n) is 5.05. The van der Waals surface area contributed by atoms with Crippen molar-refractivity contribution in [3.05, 3.63) is 58.8 Å². The average Bonchev–Trinajstić information content (AvgIpc) is 2.52. The second-order valence-corrected chi connectivity index (χ2v) is 5.97. The van der Waals surface area contributed by atoms with E-state index in [4.69, 9.17) is 4.74 Å². The SMILES string of the molecule is CN(CC(=O)Nc1cccc(F)c1)C(=O)COc1cccc(Br)c1. The zero-order valence-electron chi connectivity index (χ0n) is 13.0. The van der Waals surface area contributed by atoms with Crippen LogP contribution in [-0.2, 0) is 9.59 Å². The smallest absolute Gasteiger partial charge is 0.260 e. The van der Waals surface area contributed by atoms with E-state index in [-0.39, 0.29) is 19.1 Å². The molecule has 24 heavy (non-hydrogen) atoms. The molecule has 0 saturated carbocycles. The van der Waals surface area contributed by atoms with Crippen molar-refractivity contribution >= 4 is 33.4 Å². The minimum Gasteiger partial charge on any atom is -0.484 e. The minimum atomic E-state index is -0.445. The number of anilines is 1. The average molecular weight is 395 g/mol. The summed E-state index contributed by atoms with van der Waals surface area (Å²) < 4.78 is 19.3. The fourth-order valence-electron chi connectivity index (χ4n) is 1.88. The molecule has 5 nitrogen and oxygen atoms in total. The first-order valence-electron chi connectivity index (χ1n) is 7.12. The van der Waals surface area contributed by atoms with Crippen molar-refractivity contribution in [1.82, 2.24) is 4.90 Å². The number of amides is 2. The van der Waals surface area contributed by atoms with Crippen LogP contribution in [0.3, 0.4) is 0 Å². The number of likely N-dealkylation sites (N-methyl/N-ethyl adjacent to an activating group) is 1. The molecule has 2 rings (SSSR count). The second kappa shape index (κ2) is 8.44. The van der Waals surface area contributed by atoms with Crippen molar-refractivity contribution in [2.45, 2.75) is 0 Å². The molecule has 0 aromatic heterocycles. The fourth-order valence-corrected chi connectivity index (χ4v) is 2.26. The molecule has 7 heteroatoms. The van der Waals surface area contributed by atoms with E-state index in [0.717, 1.165) is 4.47 Å². The van der Waals surface area contributed by atoms with Gasteiger partial charge in [0, 0.05) is 17.2 Å². The summed E-state index contributed by atoms with van der Waals surface area (Å²) in [6.45, 7) is -0.336. The van der Waals surface area contributed by atoms with Crippen LogP contribution in [0, 0.1) is 5.82 Å². The lowest BCUT2D eigenvalue weighted by atomic mass is 10.3. The first-order chi connectivity index (χ1) is 11.4. The third-order valence-electron chi connectivity index (χ3n) is 3.07. The molecule has 0 aliphatic carbocycles. The van der Waals surface area contributed by atoms with Gasteiger partial charge in [0.15, 0.2) is 6.61 Å². The third kappa shape index (κ3) is 5.66. The number of hydrogen-bond donors (Lipinski definition) is 1. The van der Waals surface area contributed by atoms with E-state index < -0.39 is 11.7 Å². The number of ether oxygens (including phenoxy) is 1. The highest BCUT2D eigenvalue weighted by molar-refractivity contribution is 9.10. The summed E-state index contributed by atoms with van der Waals surface area (Å²) in [5, 5.41) is 2.53. The Morgan fingerprint density at radius 2 is 1.96 bits per heavy atom. The summed E-state index contributed by atoms with van der Waals surface area (Å²) in [5.74, 6) is -0.654. The Morgan fingerprint density at radius 1 is 1.21 bits per heavy atom. The molecule has 0 atom stereocenters. The van der Waals surface area contributed by atoms with Crippen LogP contribution < -0.4 is 10.1 Å². The highest BCUT2D eigenvalue weighted by Crippen LogP contribution is 2.17. The molecule has 0 spiro atoms. The van der Waals surface area contributed by atoms with Gasteiger partial charge < -0.3 is 15.0 Å².